The highest BCUT2D eigenvalue weighted by Gasteiger charge is 2.36. The Balaban J connectivity index is 1.95. The Hall–Kier alpha value is -0.950. The average molecular weight is 470 g/mol. The molecule has 0 saturated carbocycles. The van der Waals surface area contributed by atoms with E-state index >= 15 is 0 Å². The third-order valence-corrected chi connectivity index (χ3v) is 9.19. The van der Waals surface area contributed by atoms with Crippen molar-refractivity contribution < 1.29 is 19.1 Å². The number of hydrogen-bond donors (Lipinski definition) is 0. The molecule has 2 fully saturated rings. The molecule has 0 aromatic rings. The van der Waals surface area contributed by atoms with Crippen LogP contribution in [0.15, 0.2) is 12.2 Å². The summed E-state index contributed by atoms with van der Waals surface area (Å²) in [6, 6.07) is -0.0164. The van der Waals surface area contributed by atoms with Gasteiger partial charge in [-0.2, -0.15) is 0 Å². The van der Waals surface area contributed by atoms with Crippen LogP contribution < -0.4 is 0 Å². The highest BCUT2D eigenvalue weighted by molar-refractivity contribution is 8.18. The van der Waals surface area contributed by atoms with Crippen LogP contribution in [0, 0.1) is 0 Å². The topological polar surface area (TPSA) is 63.7 Å². The highest BCUT2D eigenvalue weighted by atomic mass is 32.2. The fourth-order valence-electron chi connectivity index (χ4n) is 4.24. The van der Waals surface area contributed by atoms with Gasteiger partial charge in [0.05, 0.1) is 4.08 Å². The zero-order valence-electron chi connectivity index (χ0n) is 19.6. The summed E-state index contributed by atoms with van der Waals surface area (Å²) in [5.74, 6) is 2.35. The fourth-order valence-corrected chi connectivity index (χ4v) is 7.58. The van der Waals surface area contributed by atoms with E-state index in [1.165, 1.54) is 6.42 Å². The molecule has 2 saturated heterocycles. The van der Waals surface area contributed by atoms with Gasteiger partial charge < -0.3 is 14.4 Å². The number of carbonyl (C=O) groups excluding carboxylic acids is 3. The van der Waals surface area contributed by atoms with Gasteiger partial charge in [0.2, 0.25) is 0 Å². The molecule has 5 nitrogen and oxygen atoms in total. The van der Waals surface area contributed by atoms with Gasteiger partial charge in [-0.05, 0) is 90.2 Å². The monoisotopic (exact) mass is 469 g/mol. The van der Waals surface area contributed by atoms with E-state index in [0.717, 1.165) is 56.3 Å². The number of ketones is 1. The molecular formula is C24H39NO4S2. The zero-order chi connectivity index (χ0) is 22.9. The molecule has 0 bridgehead atoms. The Morgan fingerprint density at radius 3 is 2.52 bits per heavy atom. The van der Waals surface area contributed by atoms with Crippen LogP contribution in [0.2, 0.25) is 0 Å². The molecule has 31 heavy (non-hydrogen) atoms. The van der Waals surface area contributed by atoms with Crippen LogP contribution >= 0.6 is 23.5 Å². The first-order valence-electron chi connectivity index (χ1n) is 11.6. The van der Waals surface area contributed by atoms with Crippen molar-refractivity contribution in [3.8, 4) is 0 Å². The van der Waals surface area contributed by atoms with Crippen molar-refractivity contribution in [1.29, 1.82) is 0 Å². The number of amides is 1. The Morgan fingerprint density at radius 2 is 1.87 bits per heavy atom. The number of thioether (sulfide) groups is 2. The summed E-state index contributed by atoms with van der Waals surface area (Å²) in [6.07, 6.45) is 12.1. The lowest BCUT2D eigenvalue weighted by molar-refractivity contribution is -0.116. The fraction of sp³-hybridized carbons (Fsp3) is 0.792. The van der Waals surface area contributed by atoms with E-state index in [0.29, 0.717) is 12.8 Å². The van der Waals surface area contributed by atoms with Gasteiger partial charge in [-0.3, -0.25) is 4.79 Å². The number of nitrogens with zero attached hydrogens (tertiary/aromatic N) is 1. The quantitative estimate of drug-likeness (QED) is 0.234. The number of rotatable bonds is 9. The first-order valence-corrected chi connectivity index (χ1v) is 13.6. The Morgan fingerprint density at radius 1 is 1.16 bits per heavy atom. The molecule has 0 spiro atoms. The van der Waals surface area contributed by atoms with Crippen LogP contribution in [0.3, 0.4) is 0 Å². The summed E-state index contributed by atoms with van der Waals surface area (Å²) in [6.45, 7) is 7.65. The Bertz CT molecular complexity index is 638. The van der Waals surface area contributed by atoms with E-state index in [1.54, 1.807) is 11.0 Å². The van der Waals surface area contributed by atoms with E-state index in [9.17, 15) is 14.4 Å². The minimum absolute atomic E-state index is 0.0708. The Labute approximate surface area is 196 Å². The summed E-state index contributed by atoms with van der Waals surface area (Å²) in [5, 5.41) is 0. The van der Waals surface area contributed by atoms with Crippen LogP contribution in [0.25, 0.3) is 0 Å². The predicted octanol–water partition coefficient (Wildman–Crippen LogP) is 6.01. The number of allylic oxidation sites excluding steroid dienone is 2. The van der Waals surface area contributed by atoms with Gasteiger partial charge in [0, 0.05) is 24.9 Å². The van der Waals surface area contributed by atoms with Gasteiger partial charge in [-0.25, -0.2) is 4.79 Å². The third kappa shape index (κ3) is 8.83. The molecule has 1 amide bonds. The van der Waals surface area contributed by atoms with Gasteiger partial charge in [0.15, 0.2) is 5.78 Å². The number of aldehydes is 1. The first kappa shape index (κ1) is 26.3. The van der Waals surface area contributed by atoms with Crippen molar-refractivity contribution in [2.75, 3.05) is 11.5 Å². The van der Waals surface area contributed by atoms with E-state index in [2.05, 4.69) is 0 Å². The number of hydrogen-bond acceptors (Lipinski definition) is 6. The molecule has 2 aliphatic rings. The lowest BCUT2D eigenvalue weighted by atomic mass is 9.93. The maximum atomic E-state index is 12.8. The van der Waals surface area contributed by atoms with E-state index in [-0.39, 0.29) is 28.0 Å². The lowest BCUT2D eigenvalue weighted by Gasteiger charge is -2.40. The maximum Gasteiger partial charge on any atom is 0.410 e. The molecule has 7 heteroatoms. The molecule has 2 heterocycles. The van der Waals surface area contributed by atoms with Gasteiger partial charge in [-0.1, -0.05) is 6.08 Å². The van der Waals surface area contributed by atoms with E-state index in [1.807, 2.05) is 57.3 Å². The summed E-state index contributed by atoms with van der Waals surface area (Å²) in [4.78, 5) is 38.0. The Kier molecular flexibility index (Phi) is 10.5. The molecule has 2 atom stereocenters. The molecule has 0 unspecified atom stereocenters. The van der Waals surface area contributed by atoms with Crippen LogP contribution in [-0.2, 0) is 14.3 Å². The van der Waals surface area contributed by atoms with Gasteiger partial charge >= 0.3 is 6.09 Å². The van der Waals surface area contributed by atoms with Crippen molar-refractivity contribution in [1.82, 2.24) is 4.90 Å². The highest BCUT2D eigenvalue weighted by Crippen LogP contribution is 2.48. The van der Waals surface area contributed by atoms with Crippen LogP contribution in [0.1, 0.15) is 85.5 Å². The second-order valence-corrected chi connectivity index (χ2v) is 12.8. The number of piperidine rings is 1. The zero-order valence-corrected chi connectivity index (χ0v) is 21.2. The second-order valence-electron chi connectivity index (χ2n) is 9.62. The van der Waals surface area contributed by atoms with Crippen LogP contribution in [-0.4, -0.2) is 56.3 Å². The van der Waals surface area contributed by atoms with Crippen LogP contribution in [0.4, 0.5) is 4.79 Å². The van der Waals surface area contributed by atoms with E-state index < -0.39 is 5.60 Å². The van der Waals surface area contributed by atoms with Gasteiger partial charge in [0.1, 0.15) is 11.9 Å². The number of carbonyl (C=O) groups is 3. The number of ether oxygens (including phenoxy) is 1. The molecule has 176 valence electrons. The molecule has 2 aliphatic heterocycles. The smallest absolute Gasteiger partial charge is 0.410 e. The molecule has 0 N–H and O–H groups in total. The largest absolute Gasteiger partial charge is 0.444 e. The standard InChI is InChI=1S/C24H39NO4S2/c1-19-10-7-11-20(25(19)22(28)29-23(2,3)4)18-21(27)12-8-14-24(13-5-6-15-26)30-16-9-17-31-24/h8,12,15,19-20H,5-7,9-11,13-14,16-18H2,1-4H3/b12-8+/t19-,20-/m0/s1. The molecular weight excluding hydrogens is 430 g/mol. The molecule has 0 aromatic carbocycles. The summed E-state index contributed by atoms with van der Waals surface area (Å²) >= 11 is 3.95. The summed E-state index contributed by atoms with van der Waals surface area (Å²) < 4.78 is 5.69. The minimum atomic E-state index is -0.545. The van der Waals surface area contributed by atoms with Crippen molar-refractivity contribution in [3.63, 3.8) is 0 Å². The first-order chi connectivity index (χ1) is 14.7. The molecule has 0 aliphatic carbocycles. The van der Waals surface area contributed by atoms with Crippen molar-refractivity contribution in [3.05, 3.63) is 12.2 Å². The van der Waals surface area contributed by atoms with Gasteiger partial charge in [0.25, 0.3) is 0 Å². The average Bonchev–Trinajstić information content (AvgIpc) is 2.67. The van der Waals surface area contributed by atoms with Gasteiger partial charge in [-0.15, -0.1) is 23.5 Å². The maximum absolute atomic E-state index is 12.8. The number of unbranched alkanes of at least 4 members (excludes halogenated alkanes) is 1. The normalized spacial score (nSPS) is 24.2. The van der Waals surface area contributed by atoms with Crippen molar-refractivity contribution in [2.45, 2.75) is 107 Å². The third-order valence-electron chi connectivity index (χ3n) is 5.70. The SMILES string of the molecule is C[C@H]1CCC[C@@H](CC(=O)/C=C/CC2(CCCC=O)SCCCS2)N1C(=O)OC(C)(C)C. The second kappa shape index (κ2) is 12.3. The van der Waals surface area contributed by atoms with E-state index in [4.69, 9.17) is 4.74 Å². The van der Waals surface area contributed by atoms with Crippen molar-refractivity contribution in [2.24, 2.45) is 0 Å². The minimum Gasteiger partial charge on any atom is -0.444 e. The lowest BCUT2D eigenvalue weighted by Crippen LogP contribution is -2.51. The summed E-state index contributed by atoms with van der Waals surface area (Å²) in [7, 11) is 0. The molecule has 0 radical (unpaired) electrons. The molecule has 0 aromatic heterocycles. The number of likely N-dealkylation sites (tertiary alicyclic amines) is 1. The summed E-state index contributed by atoms with van der Waals surface area (Å²) in [5.41, 5.74) is -0.545. The predicted molar refractivity (Wildman–Crippen MR) is 131 cm³/mol. The van der Waals surface area contributed by atoms with Crippen molar-refractivity contribution >= 4 is 41.7 Å². The molecule has 2 rings (SSSR count). The van der Waals surface area contributed by atoms with Crippen LogP contribution in [0.5, 0.6) is 0 Å².